The highest BCUT2D eigenvalue weighted by molar-refractivity contribution is 5.47. The number of rotatable bonds is 2. The molecule has 1 N–H and O–H groups in total. The molecule has 6 heteroatoms. The summed E-state index contributed by atoms with van der Waals surface area (Å²) in [5.74, 6) is 0.966. The van der Waals surface area contributed by atoms with E-state index < -0.39 is 0 Å². The van der Waals surface area contributed by atoms with Crippen LogP contribution in [0.1, 0.15) is 18.2 Å². The van der Waals surface area contributed by atoms with Crippen molar-refractivity contribution in [3.63, 3.8) is 0 Å². The fourth-order valence-corrected chi connectivity index (χ4v) is 1.44. The second kappa shape index (κ2) is 2.88. The van der Waals surface area contributed by atoms with Crippen LogP contribution in [0.2, 0.25) is 0 Å². The van der Waals surface area contributed by atoms with Crippen molar-refractivity contribution >= 4 is 6.41 Å². The number of hydrogen-bond donors (Lipinski definition) is 1. The molecule has 1 atom stereocenters. The molecule has 64 valence electrons. The molecular weight excluding hydrogens is 158 g/mol. The normalized spacial score (nSPS) is 23.0. The minimum Gasteiger partial charge on any atom is -0.345 e. The van der Waals surface area contributed by atoms with Crippen molar-refractivity contribution in [3.8, 4) is 0 Å². The third-order valence-corrected chi connectivity index (χ3v) is 2.10. The molecule has 0 aromatic carbocycles. The number of aromatic nitrogens is 4. The van der Waals surface area contributed by atoms with E-state index in [1.165, 1.54) is 0 Å². The molecule has 1 fully saturated rings. The SMILES string of the molecule is O=CN1CCC(c2nn[nH]n2)C1. The van der Waals surface area contributed by atoms with Gasteiger partial charge in [0.15, 0.2) is 5.82 Å². The van der Waals surface area contributed by atoms with E-state index in [0.717, 1.165) is 19.4 Å². The number of tetrazole rings is 1. The van der Waals surface area contributed by atoms with Crippen molar-refractivity contribution in [2.24, 2.45) is 0 Å². The van der Waals surface area contributed by atoms with Crippen molar-refractivity contribution in [3.05, 3.63) is 5.82 Å². The van der Waals surface area contributed by atoms with Crippen LogP contribution in [0.15, 0.2) is 0 Å². The average molecular weight is 167 g/mol. The van der Waals surface area contributed by atoms with Crippen molar-refractivity contribution in [1.29, 1.82) is 0 Å². The Hall–Kier alpha value is -1.46. The van der Waals surface area contributed by atoms with E-state index in [2.05, 4.69) is 20.6 Å². The molecule has 1 unspecified atom stereocenters. The molecule has 1 amide bonds. The predicted octanol–water partition coefficient (Wildman–Crippen LogP) is -0.855. The van der Waals surface area contributed by atoms with Crippen molar-refractivity contribution < 1.29 is 4.79 Å². The molecule has 1 aromatic rings. The highest BCUT2D eigenvalue weighted by Gasteiger charge is 2.25. The standard InChI is InChI=1S/C6H9N5O/c12-4-11-2-1-5(3-11)6-7-9-10-8-6/h4-5H,1-3H2,(H,7,8,9,10). The fourth-order valence-electron chi connectivity index (χ4n) is 1.44. The van der Waals surface area contributed by atoms with Gasteiger partial charge in [-0.05, 0) is 6.42 Å². The van der Waals surface area contributed by atoms with E-state index in [4.69, 9.17) is 0 Å². The lowest BCUT2D eigenvalue weighted by atomic mass is 10.1. The maximum Gasteiger partial charge on any atom is 0.209 e. The van der Waals surface area contributed by atoms with Crippen LogP contribution in [0.3, 0.4) is 0 Å². The maximum absolute atomic E-state index is 10.4. The lowest BCUT2D eigenvalue weighted by Gasteiger charge is -2.06. The van der Waals surface area contributed by atoms with Gasteiger partial charge in [0.25, 0.3) is 0 Å². The number of aromatic amines is 1. The Kier molecular flexibility index (Phi) is 1.73. The molecule has 2 heterocycles. The van der Waals surface area contributed by atoms with Crippen molar-refractivity contribution in [1.82, 2.24) is 25.5 Å². The second-order valence-electron chi connectivity index (χ2n) is 2.86. The summed E-state index contributed by atoms with van der Waals surface area (Å²) < 4.78 is 0. The van der Waals surface area contributed by atoms with Gasteiger partial charge < -0.3 is 4.90 Å². The average Bonchev–Trinajstić information content (AvgIpc) is 2.75. The van der Waals surface area contributed by atoms with Gasteiger partial charge in [-0.2, -0.15) is 5.21 Å². The lowest BCUT2D eigenvalue weighted by molar-refractivity contribution is -0.117. The Morgan fingerprint density at radius 3 is 3.17 bits per heavy atom. The molecule has 0 radical (unpaired) electrons. The van der Waals surface area contributed by atoms with E-state index in [-0.39, 0.29) is 5.92 Å². The number of carbonyl (C=O) groups is 1. The molecular formula is C6H9N5O. The van der Waals surface area contributed by atoms with Crippen LogP contribution in [0.5, 0.6) is 0 Å². The maximum atomic E-state index is 10.4. The summed E-state index contributed by atoms with van der Waals surface area (Å²) in [5.41, 5.74) is 0. The molecule has 12 heavy (non-hydrogen) atoms. The Labute approximate surface area is 68.9 Å². The first-order chi connectivity index (χ1) is 5.90. The fraction of sp³-hybridized carbons (Fsp3) is 0.667. The smallest absolute Gasteiger partial charge is 0.209 e. The first-order valence-corrected chi connectivity index (χ1v) is 3.83. The molecule has 1 aliphatic rings. The highest BCUT2D eigenvalue weighted by atomic mass is 16.1. The molecule has 1 aliphatic heterocycles. The summed E-state index contributed by atoms with van der Waals surface area (Å²) in [6.07, 6.45) is 1.79. The summed E-state index contributed by atoms with van der Waals surface area (Å²) in [5, 5.41) is 13.6. The van der Waals surface area contributed by atoms with Crippen LogP contribution in [-0.4, -0.2) is 45.0 Å². The summed E-state index contributed by atoms with van der Waals surface area (Å²) in [7, 11) is 0. The van der Waals surface area contributed by atoms with Crippen LogP contribution < -0.4 is 0 Å². The second-order valence-corrected chi connectivity index (χ2v) is 2.86. The predicted molar refractivity (Wildman–Crippen MR) is 39.2 cm³/mol. The van der Waals surface area contributed by atoms with Gasteiger partial charge in [0, 0.05) is 19.0 Å². The monoisotopic (exact) mass is 167 g/mol. The number of nitrogens with zero attached hydrogens (tertiary/aromatic N) is 4. The molecule has 0 bridgehead atoms. The summed E-state index contributed by atoms with van der Waals surface area (Å²) in [6, 6.07) is 0. The molecule has 0 aliphatic carbocycles. The lowest BCUT2D eigenvalue weighted by Crippen LogP contribution is -2.17. The summed E-state index contributed by atoms with van der Waals surface area (Å²) in [4.78, 5) is 12.1. The Balaban J connectivity index is 2.04. The zero-order chi connectivity index (χ0) is 8.39. The third-order valence-electron chi connectivity index (χ3n) is 2.10. The van der Waals surface area contributed by atoms with Gasteiger partial charge in [-0.1, -0.05) is 5.21 Å². The molecule has 6 nitrogen and oxygen atoms in total. The zero-order valence-electron chi connectivity index (χ0n) is 6.47. The van der Waals surface area contributed by atoms with Gasteiger partial charge in [-0.15, -0.1) is 10.2 Å². The van der Waals surface area contributed by atoms with E-state index in [1.54, 1.807) is 4.90 Å². The number of nitrogens with one attached hydrogen (secondary N) is 1. The Morgan fingerprint density at radius 2 is 2.58 bits per heavy atom. The van der Waals surface area contributed by atoms with Crippen LogP contribution >= 0.6 is 0 Å². The number of carbonyl (C=O) groups excluding carboxylic acids is 1. The Morgan fingerprint density at radius 1 is 1.67 bits per heavy atom. The zero-order valence-corrected chi connectivity index (χ0v) is 6.47. The molecule has 0 spiro atoms. The van der Waals surface area contributed by atoms with Crippen molar-refractivity contribution in [2.45, 2.75) is 12.3 Å². The summed E-state index contributed by atoms with van der Waals surface area (Å²) >= 11 is 0. The number of likely N-dealkylation sites (tertiary alicyclic amines) is 1. The van der Waals surface area contributed by atoms with Crippen molar-refractivity contribution in [2.75, 3.05) is 13.1 Å². The van der Waals surface area contributed by atoms with Crippen LogP contribution in [0.4, 0.5) is 0 Å². The Bertz CT molecular complexity index is 259. The van der Waals surface area contributed by atoms with Gasteiger partial charge in [0.2, 0.25) is 6.41 Å². The number of hydrogen-bond acceptors (Lipinski definition) is 4. The van der Waals surface area contributed by atoms with Gasteiger partial charge in [0.05, 0.1) is 0 Å². The number of H-pyrrole nitrogens is 1. The van der Waals surface area contributed by atoms with Gasteiger partial charge >= 0.3 is 0 Å². The van der Waals surface area contributed by atoms with E-state index >= 15 is 0 Å². The quantitative estimate of drug-likeness (QED) is 0.582. The largest absolute Gasteiger partial charge is 0.345 e. The van der Waals surface area contributed by atoms with Crippen LogP contribution in [0, 0.1) is 0 Å². The molecule has 2 rings (SSSR count). The molecule has 0 saturated carbocycles. The van der Waals surface area contributed by atoms with E-state index in [0.29, 0.717) is 12.4 Å². The van der Waals surface area contributed by atoms with Crippen LogP contribution in [0.25, 0.3) is 0 Å². The first kappa shape index (κ1) is 7.20. The van der Waals surface area contributed by atoms with Gasteiger partial charge in [-0.3, -0.25) is 4.79 Å². The van der Waals surface area contributed by atoms with E-state index in [1.807, 2.05) is 0 Å². The first-order valence-electron chi connectivity index (χ1n) is 3.83. The van der Waals surface area contributed by atoms with Gasteiger partial charge in [0.1, 0.15) is 0 Å². The topological polar surface area (TPSA) is 74.8 Å². The number of amides is 1. The third kappa shape index (κ3) is 1.15. The van der Waals surface area contributed by atoms with Crippen LogP contribution in [-0.2, 0) is 4.79 Å². The minimum absolute atomic E-state index is 0.258. The van der Waals surface area contributed by atoms with Gasteiger partial charge in [-0.25, -0.2) is 0 Å². The summed E-state index contributed by atoms with van der Waals surface area (Å²) in [6.45, 7) is 1.51. The van der Waals surface area contributed by atoms with E-state index in [9.17, 15) is 4.79 Å². The molecule has 1 aromatic heterocycles. The molecule has 1 saturated heterocycles. The minimum atomic E-state index is 0.258. The highest BCUT2D eigenvalue weighted by Crippen LogP contribution is 2.22.